The number of Topliss-reactive ketones (excluding diaryl/α,β-unsaturated/α-hetero) is 1. The Hall–Kier alpha value is -0.410. The number of hydrogen-bond donors (Lipinski definition) is 0. The van der Waals surface area contributed by atoms with Gasteiger partial charge in [0, 0.05) is 38.6 Å². The van der Waals surface area contributed by atoms with E-state index in [1.807, 2.05) is 0 Å². The van der Waals surface area contributed by atoms with Gasteiger partial charge in [-0.2, -0.15) is 0 Å². The second kappa shape index (κ2) is 10.3. The molecule has 0 N–H and O–H groups in total. The molecule has 1 rings (SSSR count). The van der Waals surface area contributed by atoms with Gasteiger partial charge in [0.2, 0.25) is 0 Å². The van der Waals surface area contributed by atoms with Gasteiger partial charge in [-0.05, 0) is 31.6 Å². The molecule has 0 bridgehead atoms. The molecule has 1 saturated carbocycles. The molecule has 2 unspecified atom stereocenters. The van der Waals surface area contributed by atoms with Crippen LogP contribution < -0.4 is 0 Å². The molecule has 3 heteroatoms. The van der Waals surface area contributed by atoms with Gasteiger partial charge in [-0.25, -0.2) is 0 Å². The first kappa shape index (κ1) is 18.6. The highest BCUT2D eigenvalue weighted by molar-refractivity contribution is 5.81. The van der Waals surface area contributed by atoms with Crippen LogP contribution in [0.5, 0.6) is 0 Å². The third kappa shape index (κ3) is 6.07. The van der Waals surface area contributed by atoms with Crippen molar-refractivity contribution in [3.05, 3.63) is 0 Å². The van der Waals surface area contributed by atoms with Gasteiger partial charge in [-0.15, -0.1) is 0 Å². The van der Waals surface area contributed by atoms with Crippen LogP contribution in [0.15, 0.2) is 0 Å². The van der Waals surface area contributed by atoms with E-state index in [9.17, 15) is 4.79 Å². The summed E-state index contributed by atoms with van der Waals surface area (Å²) in [5, 5.41) is 0. The molecule has 124 valence electrons. The Kier molecular flexibility index (Phi) is 9.18. The lowest BCUT2D eigenvalue weighted by molar-refractivity contribution is -0.126. The van der Waals surface area contributed by atoms with Gasteiger partial charge in [0.15, 0.2) is 0 Å². The fourth-order valence-corrected chi connectivity index (χ4v) is 3.77. The lowest BCUT2D eigenvalue weighted by atomic mass is 9.78. The van der Waals surface area contributed by atoms with Gasteiger partial charge in [0.05, 0.1) is 6.61 Å². The number of methoxy groups -OCH3 is 1. The van der Waals surface area contributed by atoms with Gasteiger partial charge in [0.1, 0.15) is 5.78 Å². The van der Waals surface area contributed by atoms with Gasteiger partial charge < -0.3 is 4.74 Å². The van der Waals surface area contributed by atoms with E-state index in [2.05, 4.69) is 25.7 Å². The fraction of sp³-hybridized carbons (Fsp3) is 0.944. The SMILES string of the molecule is CCCC1CCC(=O)C(CN(CCOC)C(CC)CC)C1. The summed E-state index contributed by atoms with van der Waals surface area (Å²) >= 11 is 0. The first-order valence-corrected chi connectivity index (χ1v) is 8.91. The molecule has 0 heterocycles. The van der Waals surface area contributed by atoms with Crippen molar-refractivity contribution in [1.82, 2.24) is 4.90 Å². The molecule has 0 spiro atoms. The van der Waals surface area contributed by atoms with E-state index in [4.69, 9.17) is 4.74 Å². The highest BCUT2D eigenvalue weighted by Crippen LogP contribution is 2.30. The Labute approximate surface area is 131 Å². The zero-order chi connectivity index (χ0) is 15.7. The summed E-state index contributed by atoms with van der Waals surface area (Å²) in [4.78, 5) is 14.8. The minimum absolute atomic E-state index is 0.257. The van der Waals surface area contributed by atoms with Crippen LogP contribution in [0.4, 0.5) is 0 Å². The van der Waals surface area contributed by atoms with E-state index < -0.39 is 0 Å². The van der Waals surface area contributed by atoms with Crippen molar-refractivity contribution in [3.63, 3.8) is 0 Å². The van der Waals surface area contributed by atoms with Crippen LogP contribution in [-0.4, -0.2) is 43.5 Å². The first-order valence-electron chi connectivity index (χ1n) is 8.91. The van der Waals surface area contributed by atoms with Crippen LogP contribution in [0.2, 0.25) is 0 Å². The zero-order valence-electron chi connectivity index (χ0n) is 14.6. The molecule has 0 radical (unpaired) electrons. The maximum absolute atomic E-state index is 12.3. The van der Waals surface area contributed by atoms with Crippen LogP contribution in [0.3, 0.4) is 0 Å². The summed E-state index contributed by atoms with van der Waals surface area (Å²) in [5.74, 6) is 1.52. The largest absolute Gasteiger partial charge is 0.383 e. The van der Waals surface area contributed by atoms with Crippen LogP contribution in [-0.2, 0) is 9.53 Å². The summed E-state index contributed by atoms with van der Waals surface area (Å²) in [6.45, 7) is 9.39. The molecule has 21 heavy (non-hydrogen) atoms. The lowest BCUT2D eigenvalue weighted by Crippen LogP contribution is -2.43. The Balaban J connectivity index is 2.63. The molecule has 2 atom stereocenters. The number of ketones is 1. The van der Waals surface area contributed by atoms with Crippen LogP contribution in [0.1, 0.15) is 65.7 Å². The molecular formula is C18H35NO2. The zero-order valence-corrected chi connectivity index (χ0v) is 14.6. The third-order valence-corrected chi connectivity index (χ3v) is 5.07. The summed E-state index contributed by atoms with van der Waals surface area (Å²) < 4.78 is 5.26. The van der Waals surface area contributed by atoms with Gasteiger partial charge >= 0.3 is 0 Å². The number of ether oxygens (including phenoxy) is 1. The van der Waals surface area contributed by atoms with Crippen molar-refractivity contribution in [2.24, 2.45) is 11.8 Å². The summed E-state index contributed by atoms with van der Waals surface area (Å²) in [6.07, 6.45) is 7.86. The van der Waals surface area contributed by atoms with Crippen molar-refractivity contribution in [2.75, 3.05) is 26.8 Å². The minimum Gasteiger partial charge on any atom is -0.383 e. The summed E-state index contributed by atoms with van der Waals surface area (Å²) in [6, 6.07) is 0.583. The van der Waals surface area contributed by atoms with Gasteiger partial charge in [-0.3, -0.25) is 9.69 Å². The monoisotopic (exact) mass is 297 g/mol. The highest BCUT2D eigenvalue weighted by atomic mass is 16.5. The Morgan fingerprint density at radius 1 is 1.29 bits per heavy atom. The van der Waals surface area contributed by atoms with Crippen molar-refractivity contribution >= 4 is 5.78 Å². The van der Waals surface area contributed by atoms with E-state index in [1.54, 1.807) is 7.11 Å². The van der Waals surface area contributed by atoms with E-state index >= 15 is 0 Å². The molecule has 0 aliphatic heterocycles. The van der Waals surface area contributed by atoms with Crippen molar-refractivity contribution < 1.29 is 9.53 Å². The fourth-order valence-electron chi connectivity index (χ4n) is 3.77. The predicted octanol–water partition coefficient (Wildman–Crippen LogP) is 3.91. The lowest BCUT2D eigenvalue weighted by Gasteiger charge is -2.36. The summed E-state index contributed by atoms with van der Waals surface area (Å²) in [7, 11) is 1.76. The smallest absolute Gasteiger partial charge is 0.137 e. The molecule has 0 aromatic carbocycles. The van der Waals surface area contributed by atoms with Crippen molar-refractivity contribution in [3.8, 4) is 0 Å². The normalized spacial score (nSPS) is 23.2. The number of rotatable bonds is 10. The maximum atomic E-state index is 12.3. The molecule has 1 fully saturated rings. The van der Waals surface area contributed by atoms with E-state index in [1.165, 1.54) is 12.8 Å². The average Bonchev–Trinajstić information content (AvgIpc) is 2.49. The number of carbonyl (C=O) groups is 1. The average molecular weight is 297 g/mol. The van der Waals surface area contributed by atoms with Crippen molar-refractivity contribution in [2.45, 2.75) is 71.8 Å². The van der Waals surface area contributed by atoms with E-state index in [0.717, 1.165) is 57.7 Å². The Bertz CT molecular complexity index is 289. The summed E-state index contributed by atoms with van der Waals surface area (Å²) in [5.41, 5.74) is 0. The quantitative estimate of drug-likeness (QED) is 0.612. The minimum atomic E-state index is 0.257. The second-order valence-electron chi connectivity index (χ2n) is 6.55. The Morgan fingerprint density at radius 2 is 2.00 bits per heavy atom. The maximum Gasteiger partial charge on any atom is 0.137 e. The van der Waals surface area contributed by atoms with Crippen molar-refractivity contribution in [1.29, 1.82) is 0 Å². The molecular weight excluding hydrogens is 262 g/mol. The third-order valence-electron chi connectivity index (χ3n) is 5.07. The first-order chi connectivity index (χ1) is 10.2. The van der Waals surface area contributed by atoms with Gasteiger partial charge in [0.25, 0.3) is 0 Å². The molecule has 0 aromatic rings. The van der Waals surface area contributed by atoms with Gasteiger partial charge in [-0.1, -0.05) is 33.6 Å². The highest BCUT2D eigenvalue weighted by Gasteiger charge is 2.30. The number of hydrogen-bond acceptors (Lipinski definition) is 3. The number of nitrogens with zero attached hydrogens (tertiary/aromatic N) is 1. The predicted molar refractivity (Wildman–Crippen MR) is 88.6 cm³/mol. The van der Waals surface area contributed by atoms with Crippen LogP contribution in [0.25, 0.3) is 0 Å². The molecule has 0 saturated heterocycles. The molecule has 1 aliphatic carbocycles. The Morgan fingerprint density at radius 3 is 2.57 bits per heavy atom. The number of carbonyl (C=O) groups excluding carboxylic acids is 1. The molecule has 0 aromatic heterocycles. The molecule has 3 nitrogen and oxygen atoms in total. The van der Waals surface area contributed by atoms with Crippen LogP contribution in [0, 0.1) is 11.8 Å². The van der Waals surface area contributed by atoms with Crippen LogP contribution >= 0.6 is 0 Å². The topological polar surface area (TPSA) is 29.5 Å². The standard InChI is InChI=1S/C18H35NO2/c1-5-8-15-9-10-18(20)16(13-15)14-19(11-12-21-4)17(6-2)7-3/h15-17H,5-14H2,1-4H3. The molecule has 0 amide bonds. The van der Waals surface area contributed by atoms with E-state index in [0.29, 0.717) is 11.8 Å². The second-order valence-corrected chi connectivity index (χ2v) is 6.55. The van der Waals surface area contributed by atoms with E-state index in [-0.39, 0.29) is 5.92 Å². The molecule has 1 aliphatic rings.